The van der Waals surface area contributed by atoms with Crippen LogP contribution in [-0.4, -0.2) is 0 Å². The van der Waals surface area contributed by atoms with Crippen molar-refractivity contribution in [1.82, 2.24) is 0 Å². The minimum Gasteiger partial charge on any atom is -0.343 e. The molecule has 0 atom stereocenters. The number of allylic oxidation sites excluding steroid dienone is 2. The zero-order valence-corrected chi connectivity index (χ0v) is 16.5. The molecule has 0 heterocycles. The van der Waals surface area contributed by atoms with E-state index in [-0.39, 0.29) is 29.6 Å². The van der Waals surface area contributed by atoms with Crippen LogP contribution in [0.1, 0.15) is 103 Å². The molecule has 0 aliphatic rings. The summed E-state index contributed by atoms with van der Waals surface area (Å²) in [6.07, 6.45) is 25.3. The van der Waals surface area contributed by atoms with Crippen molar-refractivity contribution in [2.45, 2.75) is 103 Å². The Hall–Kier alpha value is 0.740. The van der Waals surface area contributed by atoms with Gasteiger partial charge in [0, 0.05) is 0 Å². The van der Waals surface area contributed by atoms with E-state index in [1.54, 1.807) is 0 Å². The van der Waals surface area contributed by atoms with Crippen molar-refractivity contribution in [3.05, 3.63) is 19.1 Å². The van der Waals surface area contributed by atoms with Gasteiger partial charge < -0.3 is 6.92 Å². The van der Waals surface area contributed by atoms with Gasteiger partial charge in [-0.2, -0.15) is 6.42 Å². The van der Waals surface area contributed by atoms with Gasteiger partial charge in [-0.15, -0.1) is 0 Å². The molecule has 0 amide bonds. The Morgan fingerprint density at radius 2 is 1.00 bits per heavy atom. The molecule has 0 unspecified atom stereocenters. The van der Waals surface area contributed by atoms with Crippen LogP contribution in [0.15, 0.2) is 12.2 Å². The summed E-state index contributed by atoms with van der Waals surface area (Å²) in [5.41, 5.74) is 0. The van der Waals surface area contributed by atoms with Crippen LogP contribution in [0, 0.1) is 6.92 Å². The summed E-state index contributed by atoms with van der Waals surface area (Å²) in [5.74, 6) is 0. The number of hydrogen-bond donors (Lipinski definition) is 0. The summed E-state index contributed by atoms with van der Waals surface area (Å²) in [5, 5.41) is 0. The Kier molecular flexibility index (Phi) is 25.3. The topological polar surface area (TPSA) is 0 Å². The van der Waals surface area contributed by atoms with E-state index in [4.69, 9.17) is 0 Å². The quantitative estimate of drug-likeness (QED) is 0.183. The Balaban J connectivity index is 0. The Bertz CT molecular complexity index is 175. The van der Waals surface area contributed by atoms with Gasteiger partial charge in [0.2, 0.25) is 0 Å². The molecule has 0 bridgehead atoms. The van der Waals surface area contributed by atoms with E-state index >= 15 is 0 Å². The fourth-order valence-electron chi connectivity index (χ4n) is 2.42. The first kappa shape index (κ1) is 23.0. The third-order valence-corrected chi connectivity index (χ3v) is 3.76. The predicted molar refractivity (Wildman–Crippen MR) is 89.4 cm³/mol. The van der Waals surface area contributed by atoms with Gasteiger partial charge in [0.25, 0.3) is 0 Å². The fourth-order valence-corrected chi connectivity index (χ4v) is 2.42. The Morgan fingerprint density at radius 3 is 1.45 bits per heavy atom. The van der Waals surface area contributed by atoms with Crippen LogP contribution in [0.4, 0.5) is 0 Å². The first-order valence-electron chi connectivity index (χ1n) is 8.86. The predicted octanol–water partition coefficient (Wildman–Crippen LogP) is 4.25. The van der Waals surface area contributed by atoms with E-state index in [9.17, 15) is 0 Å². The van der Waals surface area contributed by atoms with Gasteiger partial charge in [0.1, 0.15) is 0 Å². The van der Waals surface area contributed by atoms with Crippen molar-refractivity contribution >= 4 is 0 Å². The molecule has 114 valence electrons. The number of unbranched alkanes of at least 4 members (excludes halogenated alkanes) is 13. The average Bonchev–Trinajstić information content (AvgIpc) is 2.43. The molecular formula is C19H37Na. The minimum absolute atomic E-state index is 0. The van der Waals surface area contributed by atoms with E-state index in [1.165, 1.54) is 89.9 Å². The molecule has 0 spiro atoms. The molecular weight excluding hydrogens is 251 g/mol. The van der Waals surface area contributed by atoms with Gasteiger partial charge in [-0.25, -0.2) is 0 Å². The molecule has 0 aliphatic carbocycles. The molecule has 0 aromatic rings. The monoisotopic (exact) mass is 288 g/mol. The molecule has 0 aliphatic heterocycles. The molecule has 20 heavy (non-hydrogen) atoms. The summed E-state index contributed by atoms with van der Waals surface area (Å²) >= 11 is 0. The van der Waals surface area contributed by atoms with Crippen LogP contribution in [-0.2, 0) is 0 Å². The van der Waals surface area contributed by atoms with Crippen LogP contribution < -0.4 is 29.6 Å². The molecule has 0 radical (unpaired) electrons. The van der Waals surface area contributed by atoms with Crippen LogP contribution in [0.5, 0.6) is 0 Å². The minimum atomic E-state index is 0. The van der Waals surface area contributed by atoms with E-state index in [0.29, 0.717) is 0 Å². The molecule has 0 fully saturated rings. The van der Waals surface area contributed by atoms with Crippen molar-refractivity contribution in [3.63, 3.8) is 0 Å². The van der Waals surface area contributed by atoms with Gasteiger partial charge in [-0.3, -0.25) is 0 Å². The Labute approximate surface area is 151 Å². The van der Waals surface area contributed by atoms with Gasteiger partial charge in [0.15, 0.2) is 0 Å². The van der Waals surface area contributed by atoms with Crippen LogP contribution >= 0.6 is 0 Å². The zero-order valence-electron chi connectivity index (χ0n) is 14.5. The number of hydrogen-bond acceptors (Lipinski definition) is 0. The van der Waals surface area contributed by atoms with Crippen molar-refractivity contribution < 1.29 is 29.6 Å². The first-order valence-corrected chi connectivity index (χ1v) is 8.86. The Morgan fingerprint density at radius 1 is 0.600 bits per heavy atom. The maximum absolute atomic E-state index is 3.88. The molecule has 0 saturated heterocycles. The molecule has 0 saturated carbocycles. The van der Waals surface area contributed by atoms with Crippen molar-refractivity contribution in [1.29, 1.82) is 0 Å². The third kappa shape index (κ3) is 21.0. The second-order valence-electron chi connectivity index (χ2n) is 5.79. The van der Waals surface area contributed by atoms with Crippen LogP contribution in [0.3, 0.4) is 0 Å². The van der Waals surface area contributed by atoms with Crippen molar-refractivity contribution in [3.8, 4) is 0 Å². The van der Waals surface area contributed by atoms with E-state index < -0.39 is 0 Å². The van der Waals surface area contributed by atoms with E-state index in [1.807, 2.05) is 0 Å². The van der Waals surface area contributed by atoms with E-state index in [2.05, 4.69) is 26.0 Å². The third-order valence-electron chi connectivity index (χ3n) is 3.76. The smallest absolute Gasteiger partial charge is 0.343 e. The molecule has 1 heteroatoms. The SMILES string of the molecule is [CH2-]CCCCCCC/C=C\CCCCCCCCC.[Na+]. The molecule has 0 rings (SSSR count). The van der Waals surface area contributed by atoms with Gasteiger partial charge in [-0.1, -0.05) is 83.3 Å². The second-order valence-corrected chi connectivity index (χ2v) is 5.79. The molecule has 0 N–H and O–H groups in total. The summed E-state index contributed by atoms with van der Waals surface area (Å²) < 4.78 is 0. The summed E-state index contributed by atoms with van der Waals surface area (Å²) in [6.45, 7) is 6.16. The maximum Gasteiger partial charge on any atom is 1.00 e. The van der Waals surface area contributed by atoms with Gasteiger partial charge in [-0.05, 0) is 25.7 Å². The van der Waals surface area contributed by atoms with Crippen molar-refractivity contribution in [2.75, 3.05) is 0 Å². The van der Waals surface area contributed by atoms with Crippen LogP contribution in [0.2, 0.25) is 0 Å². The summed E-state index contributed by atoms with van der Waals surface area (Å²) in [6, 6.07) is 0. The van der Waals surface area contributed by atoms with E-state index in [0.717, 1.165) is 6.42 Å². The summed E-state index contributed by atoms with van der Waals surface area (Å²) in [4.78, 5) is 0. The number of rotatable bonds is 15. The largest absolute Gasteiger partial charge is 1.00 e. The molecule has 0 aromatic heterocycles. The normalized spacial score (nSPS) is 10.9. The first-order chi connectivity index (χ1) is 9.41. The van der Waals surface area contributed by atoms with Gasteiger partial charge in [0.05, 0.1) is 0 Å². The molecule has 0 nitrogen and oxygen atoms in total. The van der Waals surface area contributed by atoms with Crippen LogP contribution in [0.25, 0.3) is 0 Å². The average molecular weight is 288 g/mol. The fraction of sp³-hybridized carbons (Fsp3) is 0.842. The maximum atomic E-state index is 3.88. The second kappa shape index (κ2) is 22.0. The summed E-state index contributed by atoms with van der Waals surface area (Å²) in [7, 11) is 0. The molecule has 0 aromatic carbocycles. The standard InChI is InChI=1S/C19H37.Na/c1-3-5-7-9-11-13-15-17-19-18-16-14-12-10-8-6-4-2;/h17,19H,1,3-16,18H2,2H3;/q-1;+1/b19-17-;. The zero-order chi connectivity index (χ0) is 14.0. The van der Waals surface area contributed by atoms with Crippen molar-refractivity contribution in [2.24, 2.45) is 0 Å². The van der Waals surface area contributed by atoms with Gasteiger partial charge >= 0.3 is 29.6 Å².